The fourth-order valence-corrected chi connectivity index (χ4v) is 3.00. The minimum Gasteiger partial charge on any atom is -0.508 e. The van der Waals surface area contributed by atoms with Gasteiger partial charge in [0.15, 0.2) is 5.69 Å². The molecule has 4 aromatic rings. The van der Waals surface area contributed by atoms with Crippen LogP contribution < -0.4 is 10.6 Å². The van der Waals surface area contributed by atoms with Crippen molar-refractivity contribution in [3.05, 3.63) is 65.2 Å². The number of phenolic OH excluding ortho intramolecular Hbond substituents is 1. The van der Waals surface area contributed by atoms with Gasteiger partial charge in [0.2, 0.25) is 5.95 Å². The van der Waals surface area contributed by atoms with Crippen LogP contribution in [0.25, 0.3) is 11.0 Å². The number of aromatic nitrogens is 4. The molecule has 2 aromatic carbocycles. The van der Waals surface area contributed by atoms with E-state index in [1.165, 1.54) is 18.5 Å². The Balaban J connectivity index is 1.54. The van der Waals surface area contributed by atoms with Gasteiger partial charge in [-0.05, 0) is 37.6 Å². The van der Waals surface area contributed by atoms with Crippen molar-refractivity contribution in [2.75, 3.05) is 10.6 Å². The number of rotatable bonds is 4. The quantitative estimate of drug-likeness (QED) is 0.365. The standard InChI is InChI=1S/C20H18N6O3/c1-10-3-5-13(11(2)7-10)23-18(28)16-17(22-9-21-16)19(29)26-20-24-14-6-4-12(27)8-15(14)25-20/h3-9,27H,1-2H3,(H,21,22)(H,23,28)(H2,24,25,26,29). The molecule has 0 aliphatic rings. The Kier molecular flexibility index (Phi) is 4.47. The molecule has 9 nitrogen and oxygen atoms in total. The van der Waals surface area contributed by atoms with Gasteiger partial charge in [0.1, 0.15) is 11.4 Å². The fraction of sp³-hybridized carbons (Fsp3) is 0.100. The van der Waals surface area contributed by atoms with Crippen LogP contribution in [0.3, 0.4) is 0 Å². The highest BCUT2D eigenvalue weighted by atomic mass is 16.3. The van der Waals surface area contributed by atoms with Crippen LogP contribution in [0, 0.1) is 13.8 Å². The Morgan fingerprint density at radius 1 is 1.03 bits per heavy atom. The van der Waals surface area contributed by atoms with E-state index in [1.54, 1.807) is 12.1 Å². The number of aryl methyl sites for hydroxylation is 2. The molecular weight excluding hydrogens is 372 g/mol. The second-order valence-electron chi connectivity index (χ2n) is 6.64. The summed E-state index contributed by atoms with van der Waals surface area (Å²) in [5.74, 6) is -0.807. The number of hydrogen-bond acceptors (Lipinski definition) is 5. The van der Waals surface area contributed by atoms with Crippen LogP contribution >= 0.6 is 0 Å². The van der Waals surface area contributed by atoms with Crippen LogP contribution in [0.2, 0.25) is 0 Å². The number of aromatic amines is 2. The monoisotopic (exact) mass is 390 g/mol. The van der Waals surface area contributed by atoms with E-state index in [2.05, 4.69) is 30.6 Å². The molecule has 0 saturated heterocycles. The van der Waals surface area contributed by atoms with Crippen molar-refractivity contribution < 1.29 is 14.7 Å². The van der Waals surface area contributed by atoms with Crippen molar-refractivity contribution in [2.45, 2.75) is 13.8 Å². The van der Waals surface area contributed by atoms with Gasteiger partial charge in [-0.15, -0.1) is 0 Å². The fourth-order valence-electron chi connectivity index (χ4n) is 3.00. The topological polar surface area (TPSA) is 136 Å². The number of imidazole rings is 2. The minimum atomic E-state index is -0.573. The van der Waals surface area contributed by atoms with Crippen molar-refractivity contribution >= 4 is 34.5 Å². The molecule has 0 atom stereocenters. The van der Waals surface area contributed by atoms with Crippen molar-refractivity contribution in [1.82, 2.24) is 19.9 Å². The van der Waals surface area contributed by atoms with E-state index in [9.17, 15) is 14.7 Å². The van der Waals surface area contributed by atoms with E-state index < -0.39 is 11.8 Å². The van der Waals surface area contributed by atoms with E-state index >= 15 is 0 Å². The summed E-state index contributed by atoms with van der Waals surface area (Å²) < 4.78 is 0. The molecule has 0 aliphatic carbocycles. The summed E-state index contributed by atoms with van der Waals surface area (Å²) in [6, 6.07) is 10.3. The first-order chi connectivity index (χ1) is 13.9. The van der Waals surface area contributed by atoms with E-state index in [0.717, 1.165) is 11.1 Å². The smallest absolute Gasteiger partial charge is 0.276 e. The summed E-state index contributed by atoms with van der Waals surface area (Å²) in [4.78, 5) is 39.1. The number of nitrogens with zero attached hydrogens (tertiary/aromatic N) is 2. The van der Waals surface area contributed by atoms with Crippen LogP contribution in [0.1, 0.15) is 32.1 Å². The molecule has 5 N–H and O–H groups in total. The number of carbonyl (C=O) groups is 2. The lowest BCUT2D eigenvalue weighted by atomic mass is 10.1. The van der Waals surface area contributed by atoms with Crippen LogP contribution in [0.4, 0.5) is 11.6 Å². The maximum atomic E-state index is 12.6. The summed E-state index contributed by atoms with van der Waals surface area (Å²) in [7, 11) is 0. The molecule has 2 aromatic heterocycles. The second-order valence-corrected chi connectivity index (χ2v) is 6.64. The maximum Gasteiger partial charge on any atom is 0.276 e. The van der Waals surface area contributed by atoms with Gasteiger partial charge in [-0.25, -0.2) is 9.97 Å². The number of fused-ring (bicyclic) bond motifs is 1. The lowest BCUT2D eigenvalue weighted by molar-refractivity contribution is 0.0985. The molecule has 2 heterocycles. The summed E-state index contributed by atoms with van der Waals surface area (Å²) in [5.41, 5.74) is 3.76. The van der Waals surface area contributed by atoms with Gasteiger partial charge >= 0.3 is 0 Å². The summed E-state index contributed by atoms with van der Waals surface area (Å²) in [6.45, 7) is 3.86. The largest absolute Gasteiger partial charge is 0.508 e. The molecule has 0 spiro atoms. The highest BCUT2D eigenvalue weighted by Gasteiger charge is 2.22. The Bertz CT molecular complexity index is 1240. The predicted molar refractivity (Wildman–Crippen MR) is 108 cm³/mol. The number of benzene rings is 2. The lowest BCUT2D eigenvalue weighted by Crippen LogP contribution is -2.21. The highest BCUT2D eigenvalue weighted by Crippen LogP contribution is 2.20. The second kappa shape index (κ2) is 7.12. The summed E-state index contributed by atoms with van der Waals surface area (Å²) in [5, 5.41) is 14.9. The average Bonchev–Trinajstić information content (AvgIpc) is 3.30. The first kappa shape index (κ1) is 18.2. The molecule has 2 amide bonds. The zero-order chi connectivity index (χ0) is 20.5. The third kappa shape index (κ3) is 3.65. The predicted octanol–water partition coefficient (Wildman–Crippen LogP) is 3.11. The number of H-pyrrole nitrogens is 2. The molecule has 4 rings (SSSR count). The SMILES string of the molecule is Cc1ccc(NC(=O)c2nc[nH]c2C(=O)Nc2nc3ccc(O)cc3[nH]2)c(C)c1. The van der Waals surface area contributed by atoms with Crippen molar-refractivity contribution in [3.63, 3.8) is 0 Å². The highest BCUT2D eigenvalue weighted by molar-refractivity contribution is 6.13. The number of aromatic hydroxyl groups is 1. The van der Waals surface area contributed by atoms with Crippen molar-refractivity contribution in [2.24, 2.45) is 0 Å². The van der Waals surface area contributed by atoms with E-state index in [0.29, 0.717) is 16.7 Å². The average molecular weight is 390 g/mol. The van der Waals surface area contributed by atoms with E-state index in [4.69, 9.17) is 0 Å². The molecule has 0 fully saturated rings. The van der Waals surface area contributed by atoms with Gasteiger partial charge in [-0.2, -0.15) is 0 Å². The minimum absolute atomic E-state index is 0.00979. The van der Waals surface area contributed by atoms with Crippen LogP contribution in [-0.2, 0) is 0 Å². The Labute approximate surface area is 165 Å². The molecule has 9 heteroatoms. The number of phenols is 1. The van der Waals surface area contributed by atoms with E-state index in [1.807, 2.05) is 26.0 Å². The third-order valence-corrected chi connectivity index (χ3v) is 4.41. The van der Waals surface area contributed by atoms with Crippen molar-refractivity contribution in [1.29, 1.82) is 0 Å². The molecular formula is C20H18N6O3. The summed E-state index contributed by atoms with van der Waals surface area (Å²) >= 11 is 0. The van der Waals surface area contributed by atoms with Crippen LogP contribution in [0.15, 0.2) is 42.7 Å². The zero-order valence-electron chi connectivity index (χ0n) is 15.7. The normalized spacial score (nSPS) is 10.8. The molecule has 29 heavy (non-hydrogen) atoms. The van der Waals surface area contributed by atoms with Gasteiger partial charge in [-0.1, -0.05) is 17.7 Å². The van der Waals surface area contributed by atoms with Crippen LogP contribution in [-0.4, -0.2) is 36.9 Å². The van der Waals surface area contributed by atoms with Crippen LogP contribution in [0.5, 0.6) is 5.75 Å². The number of nitrogens with one attached hydrogen (secondary N) is 4. The van der Waals surface area contributed by atoms with Gasteiger partial charge in [0, 0.05) is 11.8 Å². The first-order valence-electron chi connectivity index (χ1n) is 8.83. The summed E-state index contributed by atoms with van der Waals surface area (Å²) in [6.07, 6.45) is 1.28. The number of amides is 2. The van der Waals surface area contributed by atoms with Gasteiger partial charge in [-0.3, -0.25) is 14.9 Å². The maximum absolute atomic E-state index is 12.6. The van der Waals surface area contributed by atoms with Gasteiger partial charge in [0.05, 0.1) is 17.4 Å². The molecule has 146 valence electrons. The Morgan fingerprint density at radius 3 is 2.66 bits per heavy atom. The molecule has 0 radical (unpaired) electrons. The van der Waals surface area contributed by atoms with Crippen molar-refractivity contribution in [3.8, 4) is 5.75 Å². The zero-order valence-corrected chi connectivity index (χ0v) is 15.7. The lowest BCUT2D eigenvalue weighted by Gasteiger charge is -2.09. The first-order valence-corrected chi connectivity index (χ1v) is 8.83. The third-order valence-electron chi connectivity index (χ3n) is 4.41. The van der Waals surface area contributed by atoms with Gasteiger partial charge in [0.25, 0.3) is 11.8 Å². The molecule has 0 aliphatic heterocycles. The van der Waals surface area contributed by atoms with Gasteiger partial charge < -0.3 is 20.4 Å². The number of carbonyl (C=O) groups excluding carboxylic acids is 2. The molecule has 0 bridgehead atoms. The van der Waals surface area contributed by atoms with E-state index in [-0.39, 0.29) is 23.1 Å². The Morgan fingerprint density at radius 2 is 1.86 bits per heavy atom. The number of hydrogen-bond donors (Lipinski definition) is 5. The Hall–Kier alpha value is -4.14. The molecule has 0 saturated carbocycles. The molecule has 0 unspecified atom stereocenters. The number of anilines is 2.